The van der Waals surface area contributed by atoms with Crippen LogP contribution in [0, 0.1) is 0 Å². The smallest absolute Gasteiger partial charge is 0.251 e. The number of amides is 1. The Bertz CT molecular complexity index is 723. The Kier molecular flexibility index (Phi) is 6.48. The van der Waals surface area contributed by atoms with E-state index >= 15 is 0 Å². The molecule has 144 valence electrons. The normalized spacial score (nSPS) is 16.1. The summed E-state index contributed by atoms with van der Waals surface area (Å²) in [6.45, 7) is 2.61. The summed E-state index contributed by atoms with van der Waals surface area (Å²) < 4.78 is 11.3. The highest BCUT2D eigenvalue weighted by atomic mass is 16.5. The molecule has 5 heteroatoms. The van der Waals surface area contributed by atoms with Gasteiger partial charge in [0.15, 0.2) is 0 Å². The quantitative estimate of drug-likeness (QED) is 0.816. The first-order chi connectivity index (χ1) is 13.1. The second kappa shape index (κ2) is 9.02. The minimum atomic E-state index is -0.0580. The van der Waals surface area contributed by atoms with Crippen molar-refractivity contribution in [1.29, 1.82) is 0 Å². The molecule has 1 heterocycles. The number of hydrogen-bond donors (Lipinski definition) is 1. The maximum atomic E-state index is 12.5. The minimum absolute atomic E-state index is 0.0351. The van der Waals surface area contributed by atoms with E-state index in [1.165, 1.54) is 0 Å². The molecule has 3 rings (SSSR count). The number of ether oxygens (including phenoxy) is 2. The second-order valence-electron chi connectivity index (χ2n) is 7.21. The maximum absolute atomic E-state index is 12.5. The summed E-state index contributed by atoms with van der Waals surface area (Å²) in [6.07, 6.45) is 1.85. The van der Waals surface area contributed by atoms with E-state index in [4.69, 9.17) is 9.47 Å². The van der Waals surface area contributed by atoms with Crippen LogP contribution in [0.15, 0.2) is 54.6 Å². The van der Waals surface area contributed by atoms with Crippen molar-refractivity contribution in [3.8, 4) is 5.75 Å². The van der Waals surface area contributed by atoms with E-state index in [2.05, 4.69) is 24.3 Å². The predicted molar refractivity (Wildman–Crippen MR) is 106 cm³/mol. The van der Waals surface area contributed by atoms with Crippen LogP contribution in [0.2, 0.25) is 0 Å². The molecule has 1 fully saturated rings. The SMILES string of the molecule is CN(C)C1(CNC(=O)c2ccc(OCc3ccccc3)cc2)CCOCC1. The first-order valence-corrected chi connectivity index (χ1v) is 9.39. The molecule has 0 radical (unpaired) electrons. The van der Waals surface area contributed by atoms with Crippen molar-refractivity contribution in [2.75, 3.05) is 33.9 Å². The minimum Gasteiger partial charge on any atom is -0.489 e. The third kappa shape index (κ3) is 5.08. The highest BCUT2D eigenvalue weighted by molar-refractivity contribution is 5.94. The summed E-state index contributed by atoms with van der Waals surface area (Å²) >= 11 is 0. The van der Waals surface area contributed by atoms with E-state index in [-0.39, 0.29) is 11.4 Å². The molecule has 0 spiro atoms. The van der Waals surface area contributed by atoms with Crippen LogP contribution >= 0.6 is 0 Å². The lowest BCUT2D eigenvalue weighted by Gasteiger charge is -2.42. The summed E-state index contributed by atoms with van der Waals surface area (Å²) in [5.41, 5.74) is 1.72. The number of hydrogen-bond acceptors (Lipinski definition) is 4. The van der Waals surface area contributed by atoms with E-state index in [1.54, 1.807) is 0 Å². The Morgan fingerprint density at radius 2 is 1.74 bits per heavy atom. The fraction of sp³-hybridized carbons (Fsp3) is 0.409. The summed E-state index contributed by atoms with van der Waals surface area (Å²) in [7, 11) is 4.13. The number of likely N-dealkylation sites (N-methyl/N-ethyl adjacent to an activating group) is 1. The monoisotopic (exact) mass is 368 g/mol. The van der Waals surface area contributed by atoms with E-state index in [1.807, 2.05) is 54.6 Å². The van der Waals surface area contributed by atoms with Crippen molar-refractivity contribution in [2.45, 2.75) is 25.0 Å². The molecule has 0 bridgehead atoms. The zero-order chi connectivity index (χ0) is 19.1. The van der Waals surface area contributed by atoms with Crippen molar-refractivity contribution in [1.82, 2.24) is 10.2 Å². The van der Waals surface area contributed by atoms with E-state index in [0.29, 0.717) is 18.7 Å². The van der Waals surface area contributed by atoms with Gasteiger partial charge >= 0.3 is 0 Å². The number of benzene rings is 2. The van der Waals surface area contributed by atoms with Crippen molar-refractivity contribution in [3.05, 3.63) is 65.7 Å². The van der Waals surface area contributed by atoms with E-state index in [9.17, 15) is 4.79 Å². The Hall–Kier alpha value is -2.37. The van der Waals surface area contributed by atoms with Gasteiger partial charge in [0.1, 0.15) is 12.4 Å². The molecule has 0 saturated carbocycles. The first kappa shape index (κ1) is 19.4. The van der Waals surface area contributed by atoms with Gasteiger partial charge in [-0.2, -0.15) is 0 Å². The third-order valence-electron chi connectivity index (χ3n) is 5.32. The molecule has 27 heavy (non-hydrogen) atoms. The van der Waals surface area contributed by atoms with Gasteiger partial charge in [0, 0.05) is 30.9 Å². The highest BCUT2D eigenvalue weighted by Gasteiger charge is 2.35. The van der Waals surface area contributed by atoms with Crippen LogP contribution < -0.4 is 10.1 Å². The number of carbonyl (C=O) groups is 1. The van der Waals surface area contributed by atoms with Crippen LogP contribution in [0.5, 0.6) is 5.75 Å². The lowest BCUT2D eigenvalue weighted by molar-refractivity contribution is -0.00658. The van der Waals surface area contributed by atoms with Crippen LogP contribution in [0.1, 0.15) is 28.8 Å². The second-order valence-corrected chi connectivity index (χ2v) is 7.21. The van der Waals surface area contributed by atoms with Gasteiger partial charge in [-0.15, -0.1) is 0 Å². The van der Waals surface area contributed by atoms with Gasteiger partial charge in [0.05, 0.1) is 0 Å². The molecule has 0 aliphatic carbocycles. The summed E-state index contributed by atoms with van der Waals surface area (Å²) in [5.74, 6) is 0.696. The Labute approximate surface area is 161 Å². The number of carbonyl (C=O) groups excluding carboxylic acids is 1. The van der Waals surface area contributed by atoms with Gasteiger partial charge in [0.25, 0.3) is 5.91 Å². The van der Waals surface area contributed by atoms with Gasteiger partial charge in [0.2, 0.25) is 0 Å². The maximum Gasteiger partial charge on any atom is 0.251 e. The average molecular weight is 368 g/mol. The van der Waals surface area contributed by atoms with Crippen LogP contribution in [0.25, 0.3) is 0 Å². The Morgan fingerprint density at radius 1 is 1.07 bits per heavy atom. The molecule has 1 amide bonds. The summed E-state index contributed by atoms with van der Waals surface area (Å²) in [6, 6.07) is 17.3. The van der Waals surface area contributed by atoms with Gasteiger partial charge < -0.3 is 19.7 Å². The van der Waals surface area contributed by atoms with E-state index in [0.717, 1.165) is 37.4 Å². The number of nitrogens with one attached hydrogen (secondary N) is 1. The topological polar surface area (TPSA) is 50.8 Å². The molecule has 0 unspecified atom stereocenters. The lowest BCUT2D eigenvalue weighted by atomic mass is 9.88. The molecular formula is C22H28N2O3. The van der Waals surface area contributed by atoms with Gasteiger partial charge in [-0.3, -0.25) is 4.79 Å². The van der Waals surface area contributed by atoms with Gasteiger partial charge in [-0.05, 0) is 56.8 Å². The standard InChI is InChI=1S/C22H28N2O3/c1-24(2)22(12-14-26-15-13-22)17-23-21(25)19-8-10-20(11-9-19)27-16-18-6-4-3-5-7-18/h3-11H,12-17H2,1-2H3,(H,23,25). The predicted octanol–water partition coefficient (Wildman–Crippen LogP) is 3.11. The van der Waals surface area contributed by atoms with Crippen molar-refractivity contribution in [2.24, 2.45) is 0 Å². The molecule has 0 aromatic heterocycles. The fourth-order valence-corrected chi connectivity index (χ4v) is 3.32. The summed E-state index contributed by atoms with van der Waals surface area (Å²) in [4.78, 5) is 14.7. The van der Waals surface area contributed by atoms with Crippen molar-refractivity contribution in [3.63, 3.8) is 0 Å². The average Bonchev–Trinajstić information content (AvgIpc) is 2.72. The molecule has 2 aromatic carbocycles. The molecule has 2 aromatic rings. The zero-order valence-electron chi connectivity index (χ0n) is 16.1. The lowest BCUT2D eigenvalue weighted by Crippen LogP contribution is -2.55. The number of rotatable bonds is 7. The zero-order valence-corrected chi connectivity index (χ0v) is 16.1. The number of nitrogens with zero attached hydrogens (tertiary/aromatic N) is 1. The van der Waals surface area contributed by atoms with Crippen molar-refractivity contribution < 1.29 is 14.3 Å². The van der Waals surface area contributed by atoms with Crippen LogP contribution in [0.3, 0.4) is 0 Å². The summed E-state index contributed by atoms with van der Waals surface area (Å²) in [5, 5.41) is 3.09. The Balaban J connectivity index is 1.54. The van der Waals surface area contributed by atoms with Crippen LogP contribution in [-0.2, 0) is 11.3 Å². The molecule has 1 aliphatic rings. The van der Waals surface area contributed by atoms with Gasteiger partial charge in [-0.1, -0.05) is 30.3 Å². The van der Waals surface area contributed by atoms with Crippen molar-refractivity contribution >= 4 is 5.91 Å². The molecule has 5 nitrogen and oxygen atoms in total. The van der Waals surface area contributed by atoms with Crippen LogP contribution in [-0.4, -0.2) is 50.2 Å². The van der Waals surface area contributed by atoms with Crippen LogP contribution in [0.4, 0.5) is 0 Å². The molecular weight excluding hydrogens is 340 g/mol. The molecule has 1 aliphatic heterocycles. The molecule has 0 atom stereocenters. The first-order valence-electron chi connectivity index (χ1n) is 9.39. The molecule has 1 N–H and O–H groups in total. The Morgan fingerprint density at radius 3 is 2.37 bits per heavy atom. The van der Waals surface area contributed by atoms with E-state index < -0.39 is 0 Å². The van der Waals surface area contributed by atoms with Gasteiger partial charge in [-0.25, -0.2) is 0 Å². The largest absolute Gasteiger partial charge is 0.489 e. The molecule has 1 saturated heterocycles. The fourth-order valence-electron chi connectivity index (χ4n) is 3.32. The highest BCUT2D eigenvalue weighted by Crippen LogP contribution is 2.25. The third-order valence-corrected chi connectivity index (χ3v) is 5.32.